The van der Waals surface area contributed by atoms with Crippen molar-refractivity contribution in [3.8, 4) is 12.3 Å². The molecule has 0 atom stereocenters. The molecule has 0 N–H and O–H groups in total. The van der Waals surface area contributed by atoms with E-state index in [4.69, 9.17) is 18.0 Å². The van der Waals surface area contributed by atoms with E-state index in [9.17, 15) is 13.2 Å². The highest BCUT2D eigenvalue weighted by atomic mass is 35.5. The Hall–Kier alpha value is -1.18. The summed E-state index contributed by atoms with van der Waals surface area (Å²) >= 11 is 5.51. The van der Waals surface area contributed by atoms with Crippen molar-refractivity contribution >= 4 is 11.6 Å². The summed E-state index contributed by atoms with van der Waals surface area (Å²) in [5.41, 5.74) is -0.287. The van der Waals surface area contributed by atoms with E-state index in [0.717, 1.165) is 6.07 Å². The van der Waals surface area contributed by atoms with Crippen LogP contribution in [0, 0.1) is 12.3 Å². The number of benzene rings is 1. The molecule has 0 spiro atoms. The maximum absolute atomic E-state index is 12.6. The summed E-state index contributed by atoms with van der Waals surface area (Å²) < 4.78 is 37.8. The summed E-state index contributed by atoms with van der Waals surface area (Å²) in [5, 5.41) is -0.291. The monoisotopic (exact) mass is 261 g/mol. The van der Waals surface area contributed by atoms with Gasteiger partial charge in [-0.15, -0.1) is 6.42 Å². The van der Waals surface area contributed by atoms with E-state index >= 15 is 0 Å². The fraction of sp³-hybridized carbons (Fsp3) is 0.333. The van der Waals surface area contributed by atoms with E-state index in [2.05, 4.69) is 5.92 Å². The van der Waals surface area contributed by atoms with Crippen LogP contribution in [-0.4, -0.2) is 18.5 Å². The molecular formula is C12H11ClF3N. The molecular weight excluding hydrogens is 251 g/mol. The lowest BCUT2D eigenvalue weighted by Gasteiger charge is -2.15. The second kappa shape index (κ2) is 5.44. The first kappa shape index (κ1) is 13.9. The van der Waals surface area contributed by atoms with Crippen LogP contribution in [-0.2, 0) is 12.7 Å². The Morgan fingerprint density at radius 3 is 2.59 bits per heavy atom. The van der Waals surface area contributed by atoms with Crippen molar-refractivity contribution in [1.82, 2.24) is 4.90 Å². The molecule has 0 aliphatic rings. The molecule has 0 radical (unpaired) electrons. The number of terminal acetylenes is 1. The van der Waals surface area contributed by atoms with E-state index in [1.165, 1.54) is 6.07 Å². The predicted octanol–water partition coefficient (Wildman–Crippen LogP) is 3.42. The molecule has 0 aromatic heterocycles. The maximum Gasteiger partial charge on any atom is 0.417 e. The standard InChI is InChI=1S/C12H11ClF3N/c1-3-6-17(2)8-9-4-5-11(13)10(7-9)12(14,15)16/h1,4-5,7H,6,8H2,2H3. The number of nitrogens with zero attached hydrogens (tertiary/aromatic N) is 1. The van der Waals surface area contributed by atoms with Crippen LogP contribution in [0.5, 0.6) is 0 Å². The molecule has 0 unspecified atom stereocenters. The zero-order valence-corrected chi connectivity index (χ0v) is 9.94. The van der Waals surface area contributed by atoms with Crippen LogP contribution in [0.3, 0.4) is 0 Å². The van der Waals surface area contributed by atoms with Crippen LogP contribution < -0.4 is 0 Å². The summed E-state index contributed by atoms with van der Waals surface area (Å²) in [7, 11) is 1.74. The van der Waals surface area contributed by atoms with Gasteiger partial charge in [0.25, 0.3) is 0 Å². The molecule has 1 aromatic rings. The van der Waals surface area contributed by atoms with Crippen molar-refractivity contribution in [3.63, 3.8) is 0 Å². The molecule has 0 aliphatic heterocycles. The van der Waals surface area contributed by atoms with Crippen molar-refractivity contribution in [2.45, 2.75) is 12.7 Å². The number of rotatable bonds is 3. The van der Waals surface area contributed by atoms with E-state index in [0.29, 0.717) is 18.7 Å². The van der Waals surface area contributed by atoms with Crippen LogP contribution in [0.25, 0.3) is 0 Å². The van der Waals surface area contributed by atoms with Crippen molar-refractivity contribution < 1.29 is 13.2 Å². The molecule has 0 saturated heterocycles. The highest BCUT2D eigenvalue weighted by Crippen LogP contribution is 2.35. The van der Waals surface area contributed by atoms with Crippen LogP contribution in [0.2, 0.25) is 5.02 Å². The smallest absolute Gasteiger partial charge is 0.291 e. The third-order valence-electron chi connectivity index (χ3n) is 2.15. The van der Waals surface area contributed by atoms with Crippen molar-refractivity contribution in [2.24, 2.45) is 0 Å². The van der Waals surface area contributed by atoms with E-state index in [1.54, 1.807) is 18.0 Å². The molecule has 0 aliphatic carbocycles. The Morgan fingerprint density at radius 2 is 2.06 bits per heavy atom. The van der Waals surface area contributed by atoms with Crippen molar-refractivity contribution in [2.75, 3.05) is 13.6 Å². The topological polar surface area (TPSA) is 3.24 Å². The Kier molecular flexibility index (Phi) is 4.44. The molecule has 17 heavy (non-hydrogen) atoms. The van der Waals surface area contributed by atoms with Gasteiger partial charge in [-0.05, 0) is 24.7 Å². The lowest BCUT2D eigenvalue weighted by molar-refractivity contribution is -0.137. The Labute approximate surface area is 103 Å². The van der Waals surface area contributed by atoms with Gasteiger partial charge in [-0.1, -0.05) is 23.6 Å². The predicted molar refractivity (Wildman–Crippen MR) is 61.6 cm³/mol. The van der Waals surface area contributed by atoms with E-state index < -0.39 is 11.7 Å². The average Bonchev–Trinajstić information content (AvgIpc) is 2.19. The molecule has 5 heteroatoms. The third-order valence-corrected chi connectivity index (χ3v) is 2.48. The fourth-order valence-electron chi connectivity index (χ4n) is 1.41. The molecule has 0 amide bonds. The van der Waals surface area contributed by atoms with Gasteiger partial charge in [0, 0.05) is 6.54 Å². The molecule has 0 fully saturated rings. The molecule has 0 bridgehead atoms. The van der Waals surface area contributed by atoms with E-state index in [-0.39, 0.29) is 5.02 Å². The fourth-order valence-corrected chi connectivity index (χ4v) is 1.64. The maximum atomic E-state index is 12.6. The SMILES string of the molecule is C#CCN(C)Cc1ccc(Cl)c(C(F)(F)F)c1. The second-order valence-corrected chi connectivity index (χ2v) is 4.10. The van der Waals surface area contributed by atoms with Crippen LogP contribution in [0.4, 0.5) is 13.2 Å². The Balaban J connectivity index is 2.94. The zero-order valence-electron chi connectivity index (χ0n) is 9.18. The summed E-state index contributed by atoms with van der Waals surface area (Å²) in [6.45, 7) is 0.731. The summed E-state index contributed by atoms with van der Waals surface area (Å²) in [6.07, 6.45) is 0.681. The highest BCUT2D eigenvalue weighted by molar-refractivity contribution is 6.31. The summed E-state index contributed by atoms with van der Waals surface area (Å²) in [6, 6.07) is 3.86. The first-order chi connectivity index (χ1) is 7.84. The van der Waals surface area contributed by atoms with Gasteiger partial charge in [0.1, 0.15) is 0 Å². The molecule has 92 valence electrons. The van der Waals surface area contributed by atoms with Gasteiger partial charge >= 0.3 is 6.18 Å². The highest BCUT2D eigenvalue weighted by Gasteiger charge is 2.33. The number of hydrogen-bond donors (Lipinski definition) is 0. The van der Waals surface area contributed by atoms with Crippen LogP contribution >= 0.6 is 11.6 Å². The second-order valence-electron chi connectivity index (χ2n) is 3.69. The third kappa shape index (κ3) is 3.95. The van der Waals surface area contributed by atoms with Gasteiger partial charge < -0.3 is 0 Å². The van der Waals surface area contributed by atoms with Gasteiger partial charge in [-0.3, -0.25) is 4.90 Å². The summed E-state index contributed by atoms with van der Waals surface area (Å²) in [5.74, 6) is 2.42. The normalized spacial score (nSPS) is 11.6. The van der Waals surface area contributed by atoms with Crippen molar-refractivity contribution in [3.05, 3.63) is 34.3 Å². The lowest BCUT2D eigenvalue weighted by Crippen LogP contribution is -2.18. The van der Waals surface area contributed by atoms with Crippen LogP contribution in [0.15, 0.2) is 18.2 Å². The van der Waals surface area contributed by atoms with Gasteiger partial charge in [-0.25, -0.2) is 0 Å². The molecule has 0 saturated carbocycles. The van der Waals surface area contributed by atoms with Gasteiger partial charge in [-0.2, -0.15) is 13.2 Å². The van der Waals surface area contributed by atoms with Crippen LogP contribution in [0.1, 0.15) is 11.1 Å². The largest absolute Gasteiger partial charge is 0.417 e. The lowest BCUT2D eigenvalue weighted by atomic mass is 10.1. The minimum absolute atomic E-state index is 0.291. The minimum Gasteiger partial charge on any atom is -0.291 e. The zero-order chi connectivity index (χ0) is 13.1. The Morgan fingerprint density at radius 1 is 1.41 bits per heavy atom. The summed E-state index contributed by atoms with van der Waals surface area (Å²) in [4.78, 5) is 1.74. The number of halogens is 4. The first-order valence-electron chi connectivity index (χ1n) is 4.82. The first-order valence-corrected chi connectivity index (χ1v) is 5.20. The molecule has 1 nitrogen and oxygen atoms in total. The molecule has 1 rings (SSSR count). The van der Waals surface area contributed by atoms with Gasteiger partial charge in [0.2, 0.25) is 0 Å². The Bertz CT molecular complexity index is 434. The van der Waals surface area contributed by atoms with Gasteiger partial charge in [0.15, 0.2) is 0 Å². The van der Waals surface area contributed by atoms with Crippen molar-refractivity contribution in [1.29, 1.82) is 0 Å². The number of hydrogen-bond acceptors (Lipinski definition) is 1. The minimum atomic E-state index is -4.43. The molecule has 0 heterocycles. The number of alkyl halides is 3. The van der Waals surface area contributed by atoms with Gasteiger partial charge in [0.05, 0.1) is 17.1 Å². The average molecular weight is 262 g/mol. The quantitative estimate of drug-likeness (QED) is 0.754. The molecule has 1 aromatic carbocycles. The van der Waals surface area contributed by atoms with E-state index in [1.807, 2.05) is 0 Å².